The Morgan fingerprint density at radius 2 is 2.11 bits per heavy atom. The first kappa shape index (κ1) is 14.5. The SMILES string of the molecule is CCC(CNC(=O)c1cc(Cl)ccc1C)C(=O)O. The van der Waals surface area contributed by atoms with Crippen LogP contribution in [-0.4, -0.2) is 23.5 Å². The zero-order chi connectivity index (χ0) is 13.7. The second-order valence-electron chi connectivity index (χ2n) is 4.11. The van der Waals surface area contributed by atoms with E-state index in [0.29, 0.717) is 17.0 Å². The summed E-state index contributed by atoms with van der Waals surface area (Å²) in [5.74, 6) is -1.76. The first-order valence-electron chi connectivity index (χ1n) is 5.72. The molecule has 0 aromatic heterocycles. The van der Waals surface area contributed by atoms with Gasteiger partial charge in [-0.1, -0.05) is 24.6 Å². The van der Waals surface area contributed by atoms with Crippen molar-refractivity contribution in [1.29, 1.82) is 0 Å². The predicted octanol–water partition coefficient (Wildman–Crippen LogP) is 2.49. The van der Waals surface area contributed by atoms with Crippen LogP contribution in [0.25, 0.3) is 0 Å². The number of halogens is 1. The van der Waals surface area contributed by atoms with Gasteiger partial charge in [0, 0.05) is 17.1 Å². The van der Waals surface area contributed by atoms with E-state index in [1.165, 1.54) is 0 Å². The summed E-state index contributed by atoms with van der Waals surface area (Å²) in [6.45, 7) is 3.70. The van der Waals surface area contributed by atoms with Crippen molar-refractivity contribution >= 4 is 23.5 Å². The standard InChI is InChI=1S/C13H16ClNO3/c1-3-9(13(17)18)7-15-12(16)11-6-10(14)5-4-8(11)2/h4-6,9H,3,7H2,1-2H3,(H,15,16)(H,17,18). The summed E-state index contributed by atoms with van der Waals surface area (Å²) in [6, 6.07) is 5.04. The fraction of sp³-hybridized carbons (Fsp3) is 0.385. The number of carbonyl (C=O) groups is 2. The second-order valence-corrected chi connectivity index (χ2v) is 4.55. The molecule has 2 N–H and O–H groups in total. The third kappa shape index (κ3) is 3.74. The molecule has 98 valence electrons. The van der Waals surface area contributed by atoms with E-state index < -0.39 is 11.9 Å². The van der Waals surface area contributed by atoms with Crippen molar-refractivity contribution in [3.05, 3.63) is 34.3 Å². The van der Waals surface area contributed by atoms with E-state index in [2.05, 4.69) is 5.32 Å². The van der Waals surface area contributed by atoms with Gasteiger partial charge in [0.2, 0.25) is 0 Å². The second kappa shape index (κ2) is 6.40. The highest BCUT2D eigenvalue weighted by molar-refractivity contribution is 6.31. The number of carbonyl (C=O) groups excluding carboxylic acids is 1. The first-order valence-corrected chi connectivity index (χ1v) is 6.10. The molecule has 0 bridgehead atoms. The molecule has 0 aliphatic carbocycles. The molecule has 0 spiro atoms. The smallest absolute Gasteiger partial charge is 0.308 e. The highest BCUT2D eigenvalue weighted by Gasteiger charge is 2.17. The molecular formula is C13H16ClNO3. The number of nitrogens with one attached hydrogen (secondary N) is 1. The van der Waals surface area contributed by atoms with E-state index in [0.717, 1.165) is 5.56 Å². The molecule has 0 fully saturated rings. The van der Waals surface area contributed by atoms with E-state index in [4.69, 9.17) is 16.7 Å². The quantitative estimate of drug-likeness (QED) is 0.863. The average molecular weight is 270 g/mol. The van der Waals surface area contributed by atoms with Crippen molar-refractivity contribution in [2.24, 2.45) is 5.92 Å². The maximum Gasteiger partial charge on any atom is 0.308 e. The zero-order valence-corrected chi connectivity index (χ0v) is 11.1. The number of rotatable bonds is 5. The fourth-order valence-corrected chi connectivity index (χ4v) is 1.73. The molecule has 0 saturated carbocycles. The van der Waals surface area contributed by atoms with Gasteiger partial charge in [-0.05, 0) is 31.0 Å². The number of carboxylic acids is 1. The highest BCUT2D eigenvalue weighted by Crippen LogP contribution is 2.15. The summed E-state index contributed by atoms with van der Waals surface area (Å²) in [5.41, 5.74) is 1.28. The van der Waals surface area contributed by atoms with Gasteiger partial charge in [-0.3, -0.25) is 9.59 Å². The third-order valence-corrected chi connectivity index (χ3v) is 3.03. The molecule has 0 aliphatic heterocycles. The number of hydrogen-bond donors (Lipinski definition) is 2. The van der Waals surface area contributed by atoms with Crippen molar-refractivity contribution in [2.75, 3.05) is 6.54 Å². The molecule has 0 radical (unpaired) electrons. The molecule has 1 amide bonds. The van der Waals surface area contributed by atoms with Crippen LogP contribution in [0.4, 0.5) is 0 Å². The van der Waals surface area contributed by atoms with Crippen LogP contribution < -0.4 is 5.32 Å². The van der Waals surface area contributed by atoms with Crippen LogP contribution in [0.3, 0.4) is 0 Å². The Kier molecular flexibility index (Phi) is 5.16. The van der Waals surface area contributed by atoms with E-state index in [1.807, 2.05) is 0 Å². The molecule has 18 heavy (non-hydrogen) atoms. The number of carboxylic acid groups (broad SMARTS) is 1. The van der Waals surface area contributed by atoms with E-state index in [9.17, 15) is 9.59 Å². The van der Waals surface area contributed by atoms with Crippen LogP contribution in [0.2, 0.25) is 5.02 Å². The molecule has 1 aromatic carbocycles. The highest BCUT2D eigenvalue weighted by atomic mass is 35.5. The number of aliphatic carboxylic acids is 1. The molecule has 0 saturated heterocycles. The van der Waals surface area contributed by atoms with E-state index >= 15 is 0 Å². The van der Waals surface area contributed by atoms with Gasteiger partial charge in [-0.15, -0.1) is 0 Å². The molecule has 4 nitrogen and oxygen atoms in total. The van der Waals surface area contributed by atoms with Gasteiger partial charge in [-0.25, -0.2) is 0 Å². The summed E-state index contributed by atoms with van der Waals surface area (Å²) in [6.07, 6.45) is 0.476. The summed E-state index contributed by atoms with van der Waals surface area (Å²) < 4.78 is 0. The van der Waals surface area contributed by atoms with Crippen molar-refractivity contribution in [3.8, 4) is 0 Å². The molecule has 0 aliphatic rings. The Bertz CT molecular complexity index is 460. The summed E-state index contributed by atoms with van der Waals surface area (Å²) in [7, 11) is 0. The van der Waals surface area contributed by atoms with Crippen molar-refractivity contribution in [3.63, 3.8) is 0 Å². The lowest BCUT2D eigenvalue weighted by molar-refractivity contribution is -0.141. The van der Waals surface area contributed by atoms with Crippen LogP contribution >= 0.6 is 11.6 Å². The van der Waals surface area contributed by atoms with Gasteiger partial charge in [0.25, 0.3) is 5.91 Å². The van der Waals surface area contributed by atoms with E-state index in [1.54, 1.807) is 32.0 Å². The Labute approximate surface area is 111 Å². The van der Waals surface area contributed by atoms with Crippen molar-refractivity contribution in [2.45, 2.75) is 20.3 Å². The Morgan fingerprint density at radius 1 is 1.44 bits per heavy atom. The summed E-state index contributed by atoms with van der Waals surface area (Å²) in [5, 5.41) is 12.0. The van der Waals surface area contributed by atoms with Crippen LogP contribution in [-0.2, 0) is 4.79 Å². The molecule has 5 heteroatoms. The Morgan fingerprint density at radius 3 is 2.67 bits per heavy atom. The maximum absolute atomic E-state index is 11.9. The number of aryl methyl sites for hydroxylation is 1. The zero-order valence-electron chi connectivity index (χ0n) is 10.4. The third-order valence-electron chi connectivity index (χ3n) is 2.80. The lowest BCUT2D eigenvalue weighted by Gasteiger charge is -2.12. The van der Waals surface area contributed by atoms with Gasteiger partial charge in [0.1, 0.15) is 0 Å². The number of amides is 1. The molecule has 1 rings (SSSR count). The normalized spacial score (nSPS) is 11.9. The molecule has 0 heterocycles. The predicted molar refractivity (Wildman–Crippen MR) is 69.9 cm³/mol. The minimum absolute atomic E-state index is 0.122. The minimum atomic E-state index is -0.902. The lowest BCUT2D eigenvalue weighted by Crippen LogP contribution is -2.33. The Hall–Kier alpha value is -1.55. The minimum Gasteiger partial charge on any atom is -0.481 e. The number of hydrogen-bond acceptors (Lipinski definition) is 2. The summed E-state index contributed by atoms with van der Waals surface area (Å²) in [4.78, 5) is 22.7. The molecule has 1 aromatic rings. The van der Waals surface area contributed by atoms with Gasteiger partial charge in [0.15, 0.2) is 0 Å². The lowest BCUT2D eigenvalue weighted by atomic mass is 10.1. The summed E-state index contributed by atoms with van der Waals surface area (Å²) >= 11 is 5.83. The van der Waals surface area contributed by atoms with Gasteiger partial charge >= 0.3 is 5.97 Å². The van der Waals surface area contributed by atoms with Gasteiger partial charge in [0.05, 0.1) is 5.92 Å². The van der Waals surface area contributed by atoms with Crippen LogP contribution in [0.15, 0.2) is 18.2 Å². The maximum atomic E-state index is 11.9. The van der Waals surface area contributed by atoms with Crippen molar-refractivity contribution < 1.29 is 14.7 Å². The average Bonchev–Trinajstić information content (AvgIpc) is 2.32. The molecular weight excluding hydrogens is 254 g/mol. The monoisotopic (exact) mass is 269 g/mol. The van der Waals surface area contributed by atoms with E-state index in [-0.39, 0.29) is 12.5 Å². The van der Waals surface area contributed by atoms with Gasteiger partial charge < -0.3 is 10.4 Å². The van der Waals surface area contributed by atoms with Crippen LogP contribution in [0.5, 0.6) is 0 Å². The Balaban J connectivity index is 2.71. The van der Waals surface area contributed by atoms with Gasteiger partial charge in [-0.2, -0.15) is 0 Å². The molecule has 1 atom stereocenters. The first-order chi connectivity index (χ1) is 8.45. The fourth-order valence-electron chi connectivity index (χ4n) is 1.56. The number of benzene rings is 1. The van der Waals surface area contributed by atoms with Crippen LogP contribution in [0, 0.1) is 12.8 Å². The largest absolute Gasteiger partial charge is 0.481 e. The van der Waals surface area contributed by atoms with Crippen LogP contribution in [0.1, 0.15) is 29.3 Å². The topological polar surface area (TPSA) is 66.4 Å². The van der Waals surface area contributed by atoms with Crippen molar-refractivity contribution in [1.82, 2.24) is 5.32 Å². The molecule has 1 unspecified atom stereocenters.